The van der Waals surface area contributed by atoms with E-state index in [1.165, 1.54) is 0 Å². The van der Waals surface area contributed by atoms with E-state index in [0.717, 1.165) is 16.7 Å². The van der Waals surface area contributed by atoms with Crippen molar-refractivity contribution in [2.24, 2.45) is 5.73 Å². The van der Waals surface area contributed by atoms with Crippen molar-refractivity contribution in [1.82, 2.24) is 5.32 Å². The summed E-state index contributed by atoms with van der Waals surface area (Å²) in [6.07, 6.45) is -0.0769. The third kappa shape index (κ3) is 6.46. The molecule has 0 unspecified atom stereocenters. The Labute approximate surface area is 211 Å². The average molecular weight is 479 g/mol. The van der Waals surface area contributed by atoms with Gasteiger partial charge in [0.1, 0.15) is 12.1 Å². The molecule has 3 N–H and O–H groups in total. The van der Waals surface area contributed by atoms with Crippen molar-refractivity contribution in [2.45, 2.75) is 31.0 Å². The Balaban J connectivity index is 1.62. The monoisotopic (exact) mass is 478 g/mol. The first kappa shape index (κ1) is 24.9. The Morgan fingerprint density at radius 2 is 1.17 bits per heavy atom. The van der Waals surface area contributed by atoms with Gasteiger partial charge in [0.05, 0.1) is 6.04 Å². The normalized spacial score (nSPS) is 13.2. The van der Waals surface area contributed by atoms with Crippen molar-refractivity contribution in [1.29, 1.82) is 0 Å². The fraction of sp³-hybridized carbons (Fsp3) is 0.161. The molecule has 0 saturated carbocycles. The number of carbonyl (C=O) groups excluding carboxylic acids is 2. The highest BCUT2D eigenvalue weighted by Gasteiger charge is 2.41. The lowest BCUT2D eigenvalue weighted by Gasteiger charge is -2.33. The number of hydrogen-bond donors (Lipinski definition) is 2. The van der Waals surface area contributed by atoms with Crippen molar-refractivity contribution < 1.29 is 14.3 Å². The lowest BCUT2D eigenvalue weighted by Crippen LogP contribution is -2.57. The van der Waals surface area contributed by atoms with E-state index in [1.54, 1.807) is 0 Å². The van der Waals surface area contributed by atoms with Crippen molar-refractivity contribution in [3.8, 4) is 0 Å². The molecule has 36 heavy (non-hydrogen) atoms. The summed E-state index contributed by atoms with van der Waals surface area (Å²) in [4.78, 5) is 27.0. The Hall–Kier alpha value is -4.22. The number of alkyl carbamates (subject to hydrolysis) is 1. The molecule has 0 aromatic heterocycles. The molecular formula is C31H30N2O3. The molecule has 182 valence electrons. The van der Waals surface area contributed by atoms with Gasteiger partial charge in [-0.05, 0) is 28.7 Å². The third-order valence-corrected chi connectivity index (χ3v) is 6.16. The molecule has 0 fully saturated rings. The number of benzene rings is 4. The summed E-state index contributed by atoms with van der Waals surface area (Å²) in [5.74, 6) is -0.280. The van der Waals surface area contributed by atoms with Gasteiger partial charge >= 0.3 is 6.09 Å². The van der Waals surface area contributed by atoms with Gasteiger partial charge in [-0.25, -0.2) is 4.79 Å². The van der Waals surface area contributed by atoms with Crippen molar-refractivity contribution in [3.05, 3.63) is 144 Å². The molecule has 4 rings (SSSR count). The van der Waals surface area contributed by atoms with Crippen LogP contribution < -0.4 is 11.1 Å². The van der Waals surface area contributed by atoms with E-state index in [0.29, 0.717) is 18.4 Å². The standard InChI is InChI=1S/C31H30N2O3/c32-31(27-19-11-4-12-20-27,22-25-15-7-2-8-16-25)29(34)28(21-24-13-5-1-6-14-24)33-30(35)36-23-26-17-9-3-10-18-26/h1-20,28H,21-23,32H2,(H,33,35)/t28-,31+/m0/s1. The molecule has 0 radical (unpaired) electrons. The van der Waals surface area contributed by atoms with Crippen LogP contribution in [0.2, 0.25) is 0 Å². The Morgan fingerprint density at radius 1 is 0.694 bits per heavy atom. The van der Waals surface area contributed by atoms with Gasteiger partial charge in [0.25, 0.3) is 0 Å². The highest BCUT2D eigenvalue weighted by molar-refractivity contribution is 5.96. The zero-order valence-corrected chi connectivity index (χ0v) is 20.0. The fourth-order valence-electron chi connectivity index (χ4n) is 4.26. The zero-order chi connectivity index (χ0) is 25.2. The molecule has 0 aliphatic rings. The third-order valence-electron chi connectivity index (χ3n) is 6.16. The molecule has 0 bridgehead atoms. The van der Waals surface area contributed by atoms with Crippen molar-refractivity contribution in [2.75, 3.05) is 0 Å². The molecule has 0 spiro atoms. The van der Waals surface area contributed by atoms with Crippen LogP contribution in [0.25, 0.3) is 0 Å². The zero-order valence-electron chi connectivity index (χ0n) is 20.0. The number of hydrogen-bond acceptors (Lipinski definition) is 4. The highest BCUT2D eigenvalue weighted by atomic mass is 16.5. The van der Waals surface area contributed by atoms with Crippen LogP contribution in [0.4, 0.5) is 4.79 Å². The van der Waals surface area contributed by atoms with E-state index in [-0.39, 0.29) is 12.4 Å². The summed E-state index contributed by atoms with van der Waals surface area (Å²) in [6, 6.07) is 37.1. The largest absolute Gasteiger partial charge is 0.445 e. The van der Waals surface area contributed by atoms with E-state index < -0.39 is 17.7 Å². The summed E-state index contributed by atoms with van der Waals surface area (Å²) >= 11 is 0. The van der Waals surface area contributed by atoms with Crippen LogP contribution in [0.3, 0.4) is 0 Å². The Kier molecular flexibility index (Phi) is 8.27. The maximum atomic E-state index is 14.2. The number of carbonyl (C=O) groups is 2. The second-order valence-corrected chi connectivity index (χ2v) is 8.81. The number of ether oxygens (including phenoxy) is 1. The molecule has 1 amide bonds. The van der Waals surface area contributed by atoms with Crippen molar-refractivity contribution >= 4 is 11.9 Å². The summed E-state index contributed by atoms with van der Waals surface area (Å²) < 4.78 is 5.44. The number of rotatable bonds is 10. The van der Waals surface area contributed by atoms with E-state index in [2.05, 4.69) is 5.32 Å². The molecule has 4 aromatic carbocycles. The number of amides is 1. The molecule has 0 aliphatic heterocycles. The molecule has 0 saturated heterocycles. The Morgan fingerprint density at radius 3 is 1.72 bits per heavy atom. The van der Waals surface area contributed by atoms with Gasteiger partial charge in [-0.1, -0.05) is 121 Å². The van der Waals surface area contributed by atoms with E-state index in [9.17, 15) is 9.59 Å². The topological polar surface area (TPSA) is 81.4 Å². The van der Waals surface area contributed by atoms with Crippen molar-refractivity contribution in [3.63, 3.8) is 0 Å². The SMILES string of the molecule is N[C@@](Cc1ccccc1)(C(=O)[C@H](Cc1ccccc1)NC(=O)OCc1ccccc1)c1ccccc1. The maximum absolute atomic E-state index is 14.2. The summed E-state index contributed by atoms with van der Waals surface area (Å²) in [5, 5.41) is 2.81. The van der Waals surface area contributed by atoms with Crippen LogP contribution in [0.15, 0.2) is 121 Å². The summed E-state index contributed by atoms with van der Waals surface area (Å²) in [5.41, 5.74) is 8.99. The Bertz CT molecular complexity index is 1250. The second-order valence-electron chi connectivity index (χ2n) is 8.81. The number of Topliss-reactive ketones (excluding diaryl/α,β-unsaturated/α-hetero) is 1. The van der Waals surface area contributed by atoms with Crippen LogP contribution in [0, 0.1) is 0 Å². The number of ketones is 1. The smallest absolute Gasteiger partial charge is 0.408 e. The minimum absolute atomic E-state index is 0.107. The minimum atomic E-state index is -1.35. The lowest BCUT2D eigenvalue weighted by atomic mass is 9.77. The van der Waals surface area contributed by atoms with Crippen LogP contribution in [0.1, 0.15) is 22.3 Å². The molecule has 4 aromatic rings. The first-order valence-electron chi connectivity index (χ1n) is 12.0. The predicted octanol–water partition coefficient (Wildman–Crippen LogP) is 5.19. The maximum Gasteiger partial charge on any atom is 0.408 e. The quantitative estimate of drug-likeness (QED) is 0.329. The average Bonchev–Trinajstić information content (AvgIpc) is 2.93. The molecular weight excluding hydrogens is 448 g/mol. The molecule has 0 heterocycles. The van der Waals surface area contributed by atoms with Gasteiger partial charge in [0, 0.05) is 6.42 Å². The van der Waals surface area contributed by atoms with Gasteiger partial charge in [-0.3, -0.25) is 4.79 Å². The molecule has 5 heteroatoms. The van der Waals surface area contributed by atoms with Crippen LogP contribution in [-0.2, 0) is 34.5 Å². The van der Waals surface area contributed by atoms with E-state index in [4.69, 9.17) is 10.5 Å². The van der Waals surface area contributed by atoms with Gasteiger partial charge in [0.2, 0.25) is 0 Å². The van der Waals surface area contributed by atoms with Gasteiger partial charge < -0.3 is 15.8 Å². The molecule has 5 nitrogen and oxygen atoms in total. The van der Waals surface area contributed by atoms with Crippen LogP contribution in [-0.4, -0.2) is 17.9 Å². The van der Waals surface area contributed by atoms with Gasteiger partial charge in [-0.15, -0.1) is 0 Å². The number of nitrogens with one attached hydrogen (secondary N) is 1. The van der Waals surface area contributed by atoms with Gasteiger partial charge in [0.15, 0.2) is 5.78 Å². The summed E-state index contributed by atoms with van der Waals surface area (Å²) in [7, 11) is 0. The summed E-state index contributed by atoms with van der Waals surface area (Å²) in [6.45, 7) is 0.107. The van der Waals surface area contributed by atoms with Crippen LogP contribution >= 0.6 is 0 Å². The minimum Gasteiger partial charge on any atom is -0.445 e. The number of nitrogens with two attached hydrogens (primary N) is 1. The predicted molar refractivity (Wildman–Crippen MR) is 141 cm³/mol. The van der Waals surface area contributed by atoms with Gasteiger partial charge in [-0.2, -0.15) is 0 Å². The first-order chi connectivity index (χ1) is 17.5. The van der Waals surface area contributed by atoms with E-state index in [1.807, 2.05) is 121 Å². The fourth-order valence-corrected chi connectivity index (χ4v) is 4.26. The molecule has 0 aliphatic carbocycles. The molecule has 2 atom stereocenters. The lowest BCUT2D eigenvalue weighted by molar-refractivity contribution is -0.126. The van der Waals surface area contributed by atoms with E-state index >= 15 is 0 Å². The van der Waals surface area contributed by atoms with Crippen LogP contribution in [0.5, 0.6) is 0 Å². The highest BCUT2D eigenvalue weighted by Crippen LogP contribution is 2.27. The second kappa shape index (κ2) is 12.0. The first-order valence-corrected chi connectivity index (χ1v) is 12.0.